The molecule has 0 radical (unpaired) electrons. The lowest BCUT2D eigenvalue weighted by atomic mass is 10.2. The summed E-state index contributed by atoms with van der Waals surface area (Å²) in [7, 11) is 0. The fourth-order valence-electron chi connectivity index (χ4n) is 3.34. The molecule has 0 aromatic rings. The number of ether oxygens (including phenoxy) is 2. The summed E-state index contributed by atoms with van der Waals surface area (Å²) in [6, 6.07) is 0. The molecule has 8 heteroatoms. The third kappa shape index (κ3) is 4.79. The molecule has 8 nitrogen and oxygen atoms in total. The first kappa shape index (κ1) is 20.8. The Morgan fingerprint density at radius 3 is 1.38 bits per heavy atom. The van der Waals surface area contributed by atoms with Gasteiger partial charge in [-0.05, 0) is 26.7 Å². The first-order valence-corrected chi connectivity index (χ1v) is 10.1. The molecule has 2 aliphatic rings. The number of rotatable bonds is 11. The molecule has 2 saturated heterocycles. The van der Waals surface area contributed by atoms with Crippen molar-refractivity contribution < 1.29 is 19.1 Å². The molecular weight excluding hydrogens is 336 g/mol. The van der Waals surface area contributed by atoms with Gasteiger partial charge in [-0.2, -0.15) is 10.0 Å². The smallest absolute Gasteiger partial charge is 0.426 e. The number of nitrogens with zero attached hydrogens (tertiary/aromatic N) is 4. The van der Waals surface area contributed by atoms with Crippen LogP contribution in [0.15, 0.2) is 0 Å². The van der Waals surface area contributed by atoms with Crippen LogP contribution in [-0.4, -0.2) is 70.9 Å². The van der Waals surface area contributed by atoms with E-state index in [0.29, 0.717) is 13.2 Å². The van der Waals surface area contributed by atoms with Crippen LogP contribution in [0.3, 0.4) is 0 Å². The summed E-state index contributed by atoms with van der Waals surface area (Å²) in [5.41, 5.74) is 0. The molecule has 2 rings (SSSR count). The van der Waals surface area contributed by atoms with E-state index in [4.69, 9.17) is 9.47 Å². The van der Waals surface area contributed by atoms with Gasteiger partial charge in [0.05, 0.1) is 13.2 Å². The van der Waals surface area contributed by atoms with Crippen LogP contribution < -0.4 is 0 Å². The van der Waals surface area contributed by atoms with E-state index in [1.807, 2.05) is 10.0 Å². The standard InChI is InChI=1S/C18H34N4O4/c1-5-9-11-13-19-15(21(19)17(23)25-7-3)16-20(14-12-10-6-2)22(16)18(24)26-8-4/h15-16H,5-14H2,1-4H3/t15-,16+,19?,20?,21?,22?. The van der Waals surface area contributed by atoms with Gasteiger partial charge in [-0.1, -0.05) is 39.5 Å². The van der Waals surface area contributed by atoms with Crippen molar-refractivity contribution in [3.8, 4) is 0 Å². The second-order valence-corrected chi connectivity index (χ2v) is 6.65. The van der Waals surface area contributed by atoms with Crippen molar-refractivity contribution in [1.82, 2.24) is 20.0 Å². The van der Waals surface area contributed by atoms with Crippen LogP contribution in [-0.2, 0) is 9.47 Å². The van der Waals surface area contributed by atoms with Gasteiger partial charge in [-0.15, -0.1) is 0 Å². The number of amides is 2. The maximum absolute atomic E-state index is 12.3. The molecule has 2 aliphatic heterocycles. The Kier molecular flexibility index (Phi) is 7.96. The van der Waals surface area contributed by atoms with Crippen molar-refractivity contribution in [2.45, 2.75) is 78.6 Å². The highest BCUT2D eigenvalue weighted by Gasteiger charge is 2.67. The van der Waals surface area contributed by atoms with Crippen molar-refractivity contribution in [3.63, 3.8) is 0 Å². The van der Waals surface area contributed by atoms with Crippen LogP contribution in [0.1, 0.15) is 66.2 Å². The van der Waals surface area contributed by atoms with E-state index >= 15 is 0 Å². The second-order valence-electron chi connectivity index (χ2n) is 6.65. The number of hydrogen-bond acceptors (Lipinski definition) is 6. The van der Waals surface area contributed by atoms with E-state index in [1.54, 1.807) is 23.9 Å². The lowest BCUT2D eigenvalue weighted by molar-refractivity contribution is 0.115. The van der Waals surface area contributed by atoms with Crippen molar-refractivity contribution in [1.29, 1.82) is 0 Å². The minimum absolute atomic E-state index is 0.142. The maximum atomic E-state index is 12.3. The van der Waals surface area contributed by atoms with Gasteiger partial charge >= 0.3 is 12.2 Å². The number of carbonyl (C=O) groups is 2. The van der Waals surface area contributed by atoms with Gasteiger partial charge in [-0.3, -0.25) is 0 Å². The van der Waals surface area contributed by atoms with Crippen LogP contribution in [0.25, 0.3) is 0 Å². The van der Waals surface area contributed by atoms with Gasteiger partial charge in [-0.25, -0.2) is 19.6 Å². The Bertz CT molecular complexity index is 434. The Morgan fingerprint density at radius 2 is 1.08 bits per heavy atom. The zero-order valence-electron chi connectivity index (χ0n) is 16.6. The Hall–Kier alpha value is -1.54. The van der Waals surface area contributed by atoms with Crippen LogP contribution in [0, 0.1) is 0 Å². The van der Waals surface area contributed by atoms with E-state index in [9.17, 15) is 9.59 Å². The molecule has 0 N–H and O–H groups in total. The largest absolute Gasteiger partial charge is 0.449 e. The quantitative estimate of drug-likeness (QED) is 0.410. The summed E-state index contributed by atoms with van der Waals surface area (Å²) in [5, 5.41) is 7.33. The summed E-state index contributed by atoms with van der Waals surface area (Å²) >= 11 is 0. The predicted octanol–water partition coefficient (Wildman–Crippen LogP) is 3.40. The zero-order chi connectivity index (χ0) is 19.1. The van der Waals surface area contributed by atoms with Crippen LogP contribution in [0.4, 0.5) is 9.59 Å². The summed E-state index contributed by atoms with van der Waals surface area (Å²) in [6.45, 7) is 10.2. The van der Waals surface area contributed by atoms with Gasteiger partial charge in [0.2, 0.25) is 0 Å². The van der Waals surface area contributed by atoms with E-state index in [0.717, 1.165) is 51.6 Å². The van der Waals surface area contributed by atoms with Gasteiger partial charge < -0.3 is 9.47 Å². The monoisotopic (exact) mass is 370 g/mol. The molecule has 0 aliphatic carbocycles. The maximum Gasteiger partial charge on any atom is 0.426 e. The van der Waals surface area contributed by atoms with Gasteiger partial charge in [0.15, 0.2) is 12.3 Å². The van der Waals surface area contributed by atoms with E-state index in [2.05, 4.69) is 13.8 Å². The molecular formula is C18H34N4O4. The Labute approximate surface area is 156 Å². The van der Waals surface area contributed by atoms with Crippen LogP contribution >= 0.6 is 0 Å². The third-order valence-corrected chi connectivity index (χ3v) is 4.71. The molecule has 0 saturated carbocycles. The molecule has 4 atom stereocenters. The number of hydrazine groups is 2. The summed E-state index contributed by atoms with van der Waals surface area (Å²) < 4.78 is 10.4. The molecule has 0 aromatic carbocycles. The average molecular weight is 370 g/mol. The SMILES string of the molecule is CCCCCN1[C@@H]([C@H]2N(CCCCC)N2C(=O)OCC)N1C(=O)OCC. The third-order valence-electron chi connectivity index (χ3n) is 4.71. The van der Waals surface area contributed by atoms with E-state index in [-0.39, 0.29) is 24.5 Å². The zero-order valence-corrected chi connectivity index (χ0v) is 16.6. The molecule has 2 amide bonds. The molecule has 2 fully saturated rings. The van der Waals surface area contributed by atoms with E-state index in [1.165, 1.54) is 0 Å². The fraction of sp³-hybridized carbons (Fsp3) is 0.889. The highest BCUT2D eigenvalue weighted by Crippen LogP contribution is 2.43. The molecule has 26 heavy (non-hydrogen) atoms. The molecule has 0 spiro atoms. The average Bonchev–Trinajstić information content (AvgIpc) is 3.49. The van der Waals surface area contributed by atoms with Crippen LogP contribution in [0.2, 0.25) is 0 Å². The second kappa shape index (κ2) is 9.97. The normalized spacial score (nSPS) is 26.6. The Morgan fingerprint density at radius 1 is 0.692 bits per heavy atom. The fourth-order valence-corrected chi connectivity index (χ4v) is 3.34. The van der Waals surface area contributed by atoms with Crippen LogP contribution in [0.5, 0.6) is 0 Å². The molecule has 2 unspecified atom stereocenters. The van der Waals surface area contributed by atoms with Crippen molar-refractivity contribution in [2.75, 3.05) is 26.3 Å². The first-order valence-electron chi connectivity index (χ1n) is 10.1. The summed E-state index contributed by atoms with van der Waals surface area (Å²) in [4.78, 5) is 24.5. The lowest BCUT2D eigenvalue weighted by Crippen LogP contribution is -2.22. The molecule has 2 heterocycles. The first-order chi connectivity index (χ1) is 12.6. The summed E-state index contributed by atoms with van der Waals surface area (Å²) in [5.74, 6) is 0. The lowest BCUT2D eigenvalue weighted by Gasteiger charge is -2.04. The van der Waals surface area contributed by atoms with Crippen molar-refractivity contribution >= 4 is 12.2 Å². The highest BCUT2D eigenvalue weighted by molar-refractivity contribution is 5.72. The van der Waals surface area contributed by atoms with Crippen molar-refractivity contribution in [2.24, 2.45) is 0 Å². The molecule has 150 valence electrons. The minimum Gasteiger partial charge on any atom is -0.449 e. The topological polar surface area (TPSA) is 64.6 Å². The van der Waals surface area contributed by atoms with E-state index < -0.39 is 0 Å². The minimum atomic E-state index is -0.335. The number of unbranched alkanes of at least 4 members (excludes halogenated alkanes) is 4. The summed E-state index contributed by atoms with van der Waals surface area (Å²) in [6.07, 6.45) is 5.57. The Balaban J connectivity index is 2.02. The predicted molar refractivity (Wildman–Crippen MR) is 97.8 cm³/mol. The molecule has 0 aromatic heterocycles. The number of hydrogen-bond donors (Lipinski definition) is 0. The number of carbonyl (C=O) groups excluding carboxylic acids is 2. The van der Waals surface area contributed by atoms with Gasteiger partial charge in [0.25, 0.3) is 0 Å². The van der Waals surface area contributed by atoms with Gasteiger partial charge in [0, 0.05) is 13.1 Å². The van der Waals surface area contributed by atoms with Crippen molar-refractivity contribution in [3.05, 3.63) is 0 Å². The van der Waals surface area contributed by atoms with Gasteiger partial charge in [0.1, 0.15) is 0 Å². The highest BCUT2D eigenvalue weighted by atomic mass is 16.6. The molecule has 0 bridgehead atoms.